The average molecular weight is 531 g/mol. The van der Waals surface area contributed by atoms with Crippen molar-refractivity contribution in [3.63, 3.8) is 0 Å². The van der Waals surface area contributed by atoms with Crippen LogP contribution < -0.4 is 25.3 Å². The number of rotatable bonds is 6. The molecule has 3 N–H and O–H groups in total. The van der Waals surface area contributed by atoms with Crippen molar-refractivity contribution in [3.05, 3.63) is 41.7 Å². The van der Waals surface area contributed by atoms with E-state index >= 15 is 0 Å². The molecular formula is C23H22F5N3O6. The number of fused-ring (bicyclic) bond motifs is 1. The number of ether oxygens (including phenoxy) is 4. The summed E-state index contributed by atoms with van der Waals surface area (Å²) in [5.74, 6) is -5.95. The summed E-state index contributed by atoms with van der Waals surface area (Å²) in [6.45, 7) is 3.65. The van der Waals surface area contributed by atoms with E-state index in [-0.39, 0.29) is 29.3 Å². The predicted octanol–water partition coefficient (Wildman–Crippen LogP) is 3.98. The minimum Gasteiger partial charge on any atom is -0.490 e. The van der Waals surface area contributed by atoms with Gasteiger partial charge in [-0.25, -0.2) is 0 Å². The molecule has 0 spiro atoms. The number of pyridine rings is 1. The number of nitrogens with two attached hydrogens (primary N) is 1. The first-order chi connectivity index (χ1) is 17.2. The van der Waals surface area contributed by atoms with Crippen LogP contribution in [0.1, 0.15) is 42.7 Å². The maximum absolute atomic E-state index is 14.1. The van der Waals surface area contributed by atoms with Crippen LogP contribution in [0, 0.1) is 5.92 Å². The number of carbonyl (C=O) groups is 2. The van der Waals surface area contributed by atoms with Crippen LogP contribution in [-0.4, -0.2) is 47.6 Å². The van der Waals surface area contributed by atoms with Gasteiger partial charge in [0.2, 0.25) is 5.75 Å². The van der Waals surface area contributed by atoms with E-state index in [9.17, 15) is 31.5 Å². The molecule has 2 aliphatic rings. The molecule has 0 radical (unpaired) electrons. The number of hydrogen-bond acceptors (Lipinski definition) is 7. The maximum atomic E-state index is 14.1. The standard InChI is InChI=1S/C23H22F5N3O6/c1-4-34-14-6-5-12(16-17(14)37-23(27,28)36-16)15-10(2)21(3,22(24,25)26)35-18(15)20(33)31-11-7-8-30-13(9-11)19(29)32/h5-10,15,18H,4H2,1-3H3,(H2,29,32)(H,30,31,33)/t10-,15?,18+,21+/m1/s1. The SMILES string of the molecule is CCOc1ccc(C2[C@@H](C(=O)Nc3ccnc(C(N)=O)c3)O[C@](C)(C(F)(F)F)[C@@H]2C)c2c1OC(F)(F)O2. The number of anilines is 1. The Balaban J connectivity index is 1.79. The minimum absolute atomic E-state index is 0.00690. The molecule has 2 aliphatic heterocycles. The number of aromatic nitrogens is 1. The lowest BCUT2D eigenvalue weighted by atomic mass is 9.77. The summed E-state index contributed by atoms with van der Waals surface area (Å²) in [6.07, 6.45) is -9.69. The fourth-order valence-electron chi connectivity index (χ4n) is 4.43. The van der Waals surface area contributed by atoms with Crippen molar-refractivity contribution in [2.75, 3.05) is 11.9 Å². The van der Waals surface area contributed by atoms with E-state index in [2.05, 4.69) is 19.8 Å². The van der Waals surface area contributed by atoms with E-state index in [0.29, 0.717) is 0 Å². The van der Waals surface area contributed by atoms with Crippen LogP contribution in [-0.2, 0) is 9.53 Å². The third-order valence-electron chi connectivity index (χ3n) is 6.41. The molecule has 0 saturated carbocycles. The molecule has 0 bridgehead atoms. The Morgan fingerprint density at radius 3 is 2.49 bits per heavy atom. The normalized spacial score (nSPS) is 26.1. The first kappa shape index (κ1) is 26.4. The number of carbonyl (C=O) groups excluding carboxylic acids is 2. The van der Waals surface area contributed by atoms with Gasteiger partial charge in [0.15, 0.2) is 17.1 Å². The van der Waals surface area contributed by atoms with E-state index in [0.717, 1.165) is 19.2 Å². The second-order valence-electron chi connectivity index (χ2n) is 8.65. The van der Waals surface area contributed by atoms with Crippen LogP contribution in [0.5, 0.6) is 17.2 Å². The van der Waals surface area contributed by atoms with Crippen molar-refractivity contribution in [1.29, 1.82) is 0 Å². The average Bonchev–Trinajstić information content (AvgIpc) is 3.28. The van der Waals surface area contributed by atoms with E-state index in [1.165, 1.54) is 25.1 Å². The lowest BCUT2D eigenvalue weighted by Gasteiger charge is -2.31. The van der Waals surface area contributed by atoms with Gasteiger partial charge in [-0.3, -0.25) is 14.6 Å². The van der Waals surface area contributed by atoms with Gasteiger partial charge in [0.1, 0.15) is 11.8 Å². The van der Waals surface area contributed by atoms with Gasteiger partial charge in [-0.1, -0.05) is 13.0 Å². The second kappa shape index (κ2) is 9.01. The molecule has 14 heteroatoms. The second-order valence-corrected chi connectivity index (χ2v) is 8.65. The quantitative estimate of drug-likeness (QED) is 0.541. The zero-order valence-electron chi connectivity index (χ0n) is 19.7. The van der Waals surface area contributed by atoms with Crippen LogP contribution >= 0.6 is 0 Å². The van der Waals surface area contributed by atoms with Gasteiger partial charge in [-0.05, 0) is 32.0 Å². The number of hydrogen-bond donors (Lipinski definition) is 2. The lowest BCUT2D eigenvalue weighted by Crippen LogP contribution is -2.47. The van der Waals surface area contributed by atoms with Crippen LogP contribution in [0.15, 0.2) is 30.5 Å². The third-order valence-corrected chi connectivity index (χ3v) is 6.41. The Morgan fingerprint density at radius 2 is 1.86 bits per heavy atom. The van der Waals surface area contributed by atoms with E-state index in [1.807, 2.05) is 0 Å². The lowest BCUT2D eigenvalue weighted by molar-refractivity contribution is -0.287. The Kier molecular flexibility index (Phi) is 6.42. The topological polar surface area (TPSA) is 122 Å². The highest BCUT2D eigenvalue weighted by Gasteiger charge is 2.66. The fourth-order valence-corrected chi connectivity index (χ4v) is 4.43. The van der Waals surface area contributed by atoms with E-state index in [4.69, 9.17) is 15.2 Å². The predicted molar refractivity (Wildman–Crippen MR) is 116 cm³/mol. The maximum Gasteiger partial charge on any atom is 0.586 e. The van der Waals surface area contributed by atoms with Crippen LogP contribution in [0.4, 0.5) is 27.6 Å². The molecule has 2 amide bonds. The summed E-state index contributed by atoms with van der Waals surface area (Å²) < 4.78 is 90.4. The largest absolute Gasteiger partial charge is 0.586 e. The molecule has 1 saturated heterocycles. The number of nitrogens with zero attached hydrogens (tertiary/aromatic N) is 1. The van der Waals surface area contributed by atoms with Crippen molar-refractivity contribution in [1.82, 2.24) is 4.98 Å². The molecule has 4 atom stereocenters. The summed E-state index contributed by atoms with van der Waals surface area (Å²) in [7, 11) is 0. The van der Waals surface area contributed by atoms with Gasteiger partial charge in [0, 0.05) is 29.3 Å². The Bertz CT molecular complexity index is 1240. The number of benzene rings is 1. The van der Waals surface area contributed by atoms with Gasteiger partial charge in [-0.15, -0.1) is 8.78 Å². The molecule has 1 fully saturated rings. The monoisotopic (exact) mass is 531 g/mol. The molecule has 1 aromatic heterocycles. The molecule has 4 rings (SSSR count). The first-order valence-corrected chi connectivity index (χ1v) is 11.0. The molecule has 1 aromatic carbocycles. The molecule has 3 heterocycles. The highest BCUT2D eigenvalue weighted by molar-refractivity contribution is 5.97. The zero-order valence-corrected chi connectivity index (χ0v) is 19.7. The number of amides is 2. The number of nitrogens with one attached hydrogen (secondary N) is 1. The van der Waals surface area contributed by atoms with Gasteiger partial charge >= 0.3 is 12.5 Å². The smallest absolute Gasteiger partial charge is 0.490 e. The van der Waals surface area contributed by atoms with Gasteiger partial charge in [0.25, 0.3) is 11.8 Å². The number of primary amides is 1. The van der Waals surface area contributed by atoms with Crippen LogP contribution in [0.25, 0.3) is 0 Å². The number of alkyl halides is 5. The van der Waals surface area contributed by atoms with Crippen LogP contribution in [0.3, 0.4) is 0 Å². The molecule has 2 aromatic rings. The van der Waals surface area contributed by atoms with Crippen LogP contribution in [0.2, 0.25) is 0 Å². The van der Waals surface area contributed by atoms with Crippen molar-refractivity contribution < 1.29 is 50.5 Å². The molecule has 37 heavy (non-hydrogen) atoms. The summed E-state index contributed by atoms with van der Waals surface area (Å²) in [5, 5.41) is 2.38. The summed E-state index contributed by atoms with van der Waals surface area (Å²) >= 11 is 0. The van der Waals surface area contributed by atoms with Crippen molar-refractivity contribution in [2.24, 2.45) is 11.7 Å². The summed E-state index contributed by atoms with van der Waals surface area (Å²) in [5.41, 5.74) is 1.99. The van der Waals surface area contributed by atoms with Crippen molar-refractivity contribution in [3.8, 4) is 17.2 Å². The summed E-state index contributed by atoms with van der Waals surface area (Å²) in [6, 6.07) is 4.89. The highest BCUT2D eigenvalue weighted by atomic mass is 19.4. The minimum atomic E-state index is -4.93. The fraction of sp³-hybridized carbons (Fsp3) is 0.435. The van der Waals surface area contributed by atoms with E-state index < -0.39 is 59.3 Å². The summed E-state index contributed by atoms with van der Waals surface area (Å²) in [4.78, 5) is 28.4. The highest BCUT2D eigenvalue weighted by Crippen LogP contribution is 2.58. The Morgan fingerprint density at radius 1 is 1.19 bits per heavy atom. The molecule has 9 nitrogen and oxygen atoms in total. The van der Waals surface area contributed by atoms with Gasteiger partial charge in [0.05, 0.1) is 6.61 Å². The van der Waals surface area contributed by atoms with E-state index in [1.54, 1.807) is 6.92 Å². The number of halogens is 5. The Hall–Kier alpha value is -3.68. The molecule has 0 aliphatic carbocycles. The molecule has 200 valence electrons. The zero-order chi connectivity index (χ0) is 27.3. The Labute approximate surface area is 207 Å². The molecule has 1 unspecified atom stereocenters. The first-order valence-electron chi connectivity index (χ1n) is 11.0. The molecular weight excluding hydrogens is 509 g/mol. The van der Waals surface area contributed by atoms with Gasteiger partial charge in [-0.2, -0.15) is 13.2 Å². The van der Waals surface area contributed by atoms with Crippen molar-refractivity contribution >= 4 is 17.5 Å². The van der Waals surface area contributed by atoms with Gasteiger partial charge < -0.3 is 30.0 Å². The van der Waals surface area contributed by atoms with Crippen molar-refractivity contribution in [2.45, 2.75) is 50.9 Å². The third kappa shape index (κ3) is 4.61.